The van der Waals surface area contributed by atoms with Crippen LogP contribution >= 0.6 is 45.2 Å². The molecule has 0 saturated carbocycles. The van der Waals surface area contributed by atoms with Crippen LogP contribution in [0.15, 0.2) is 30.3 Å². The number of hydrogen-bond acceptors (Lipinski definition) is 4. The molecule has 0 N–H and O–H groups in total. The number of halogens is 2. The van der Waals surface area contributed by atoms with E-state index in [1.165, 1.54) is 12.1 Å². The van der Waals surface area contributed by atoms with E-state index in [0.717, 1.165) is 11.3 Å². The molecule has 0 saturated heterocycles. The molecule has 0 fully saturated rings. The zero-order valence-electron chi connectivity index (χ0n) is 17.8. The molecule has 2 aromatic carbocycles. The molecule has 158 valence electrons. The lowest BCUT2D eigenvalue weighted by molar-refractivity contribution is -0.385. The maximum atomic E-state index is 11.1. The molecule has 0 heterocycles. The summed E-state index contributed by atoms with van der Waals surface area (Å²) in [6.45, 7) is 15.4. The Morgan fingerprint density at radius 1 is 1.07 bits per heavy atom. The molecule has 0 atom stereocenters. The molecular weight excluding hydrogens is 612 g/mol. The Hall–Kier alpha value is -0.883. The van der Waals surface area contributed by atoms with Crippen LogP contribution in [-0.4, -0.2) is 13.2 Å². The van der Waals surface area contributed by atoms with E-state index in [4.69, 9.17) is 9.16 Å². The van der Waals surface area contributed by atoms with Gasteiger partial charge in [0, 0.05) is 12.1 Å². The highest BCUT2D eigenvalue weighted by atomic mass is 127. The molecule has 0 unspecified atom stereocenters. The Labute approximate surface area is 201 Å². The molecule has 0 bridgehead atoms. The van der Waals surface area contributed by atoms with Gasteiger partial charge in [0.15, 0.2) is 5.75 Å². The summed E-state index contributed by atoms with van der Waals surface area (Å²) in [4.78, 5) is 10.7. The largest absolute Gasteiger partial charge is 0.543 e. The fraction of sp³-hybridized carbons (Fsp3) is 0.429. The van der Waals surface area contributed by atoms with Crippen molar-refractivity contribution in [2.75, 3.05) is 0 Å². The van der Waals surface area contributed by atoms with Crippen molar-refractivity contribution in [1.82, 2.24) is 0 Å². The highest BCUT2D eigenvalue weighted by molar-refractivity contribution is 14.1. The van der Waals surface area contributed by atoms with Gasteiger partial charge < -0.3 is 9.16 Å². The predicted molar refractivity (Wildman–Crippen MR) is 137 cm³/mol. The van der Waals surface area contributed by atoms with Crippen molar-refractivity contribution >= 4 is 59.2 Å². The van der Waals surface area contributed by atoms with Gasteiger partial charge in [0.25, 0.3) is 5.69 Å². The fourth-order valence-corrected chi connectivity index (χ4v) is 5.43. The zero-order valence-corrected chi connectivity index (χ0v) is 23.1. The average molecular weight is 639 g/mol. The summed E-state index contributed by atoms with van der Waals surface area (Å²) < 4.78 is 14.1. The van der Waals surface area contributed by atoms with Crippen molar-refractivity contribution in [2.45, 2.75) is 58.7 Å². The third kappa shape index (κ3) is 5.84. The van der Waals surface area contributed by atoms with Gasteiger partial charge in [0.1, 0.15) is 11.5 Å². The van der Waals surface area contributed by atoms with Gasteiger partial charge in [-0.2, -0.15) is 0 Å². The van der Waals surface area contributed by atoms with E-state index in [0.29, 0.717) is 18.6 Å². The van der Waals surface area contributed by atoms with E-state index in [1.54, 1.807) is 0 Å². The number of nitro groups is 1. The van der Waals surface area contributed by atoms with Crippen LogP contribution in [0.5, 0.6) is 17.2 Å². The van der Waals surface area contributed by atoms with Gasteiger partial charge in [-0.3, -0.25) is 10.1 Å². The van der Waals surface area contributed by atoms with Crippen LogP contribution in [0.2, 0.25) is 18.1 Å². The Morgan fingerprint density at radius 3 is 2.07 bits per heavy atom. The predicted octanol–water partition coefficient (Wildman–Crippen LogP) is 8.10. The van der Waals surface area contributed by atoms with E-state index in [-0.39, 0.29) is 16.6 Å². The molecule has 0 aromatic heterocycles. The minimum absolute atomic E-state index is 0.0622. The molecular formula is C21H27I2NO4Si. The summed E-state index contributed by atoms with van der Waals surface area (Å²) in [5.74, 6) is 2.51. The lowest BCUT2D eigenvalue weighted by Crippen LogP contribution is -2.44. The van der Waals surface area contributed by atoms with Gasteiger partial charge in [-0.25, -0.2) is 0 Å². The molecule has 2 aromatic rings. The summed E-state index contributed by atoms with van der Waals surface area (Å²) in [6.07, 6.45) is 0. The molecule has 0 amide bonds. The normalized spacial score (nSPS) is 12.2. The topological polar surface area (TPSA) is 61.6 Å². The van der Waals surface area contributed by atoms with E-state index < -0.39 is 13.2 Å². The van der Waals surface area contributed by atoms with Gasteiger partial charge in [-0.15, -0.1) is 0 Å². The first-order valence-electron chi connectivity index (χ1n) is 9.37. The molecule has 0 aliphatic carbocycles. The maximum Gasteiger partial charge on any atom is 0.271 e. The van der Waals surface area contributed by atoms with Crippen molar-refractivity contribution in [3.05, 3.63) is 53.1 Å². The van der Waals surface area contributed by atoms with E-state index in [9.17, 15) is 10.1 Å². The quantitative estimate of drug-likeness (QED) is 0.139. The van der Waals surface area contributed by atoms with Crippen LogP contribution in [-0.2, 0) is 0 Å². The lowest BCUT2D eigenvalue weighted by Gasteiger charge is -2.37. The molecule has 29 heavy (non-hydrogen) atoms. The van der Waals surface area contributed by atoms with Crippen molar-refractivity contribution in [3.8, 4) is 17.2 Å². The lowest BCUT2D eigenvalue weighted by atomic mass is 10.0. The van der Waals surface area contributed by atoms with Gasteiger partial charge in [-0.1, -0.05) is 34.6 Å². The first kappa shape index (κ1) is 24.4. The summed E-state index contributed by atoms with van der Waals surface area (Å²) in [5.41, 5.74) is 1.16. The Morgan fingerprint density at radius 2 is 1.62 bits per heavy atom. The number of rotatable bonds is 6. The number of hydrogen-bond donors (Lipinski definition) is 0. The van der Waals surface area contributed by atoms with Gasteiger partial charge >= 0.3 is 0 Å². The van der Waals surface area contributed by atoms with Gasteiger partial charge in [0.05, 0.1) is 12.1 Å². The summed E-state index contributed by atoms with van der Waals surface area (Å²) in [5, 5.41) is 11.2. The first-order chi connectivity index (χ1) is 13.2. The Kier molecular flexibility index (Phi) is 7.64. The fourth-order valence-electron chi connectivity index (χ4n) is 2.43. The number of nitro benzene ring substituents is 1. The smallest absolute Gasteiger partial charge is 0.271 e. The molecule has 0 aliphatic heterocycles. The number of ether oxygens (including phenoxy) is 1. The highest BCUT2D eigenvalue weighted by Crippen LogP contribution is 2.41. The van der Waals surface area contributed by atoms with Crippen molar-refractivity contribution in [2.24, 2.45) is 0 Å². The Bertz CT molecular complexity index is 900. The third-order valence-electron chi connectivity index (χ3n) is 5.19. The number of non-ortho nitro benzene ring substituents is 1. The van der Waals surface area contributed by atoms with E-state index in [1.807, 2.05) is 18.2 Å². The molecule has 0 spiro atoms. The van der Waals surface area contributed by atoms with E-state index in [2.05, 4.69) is 92.9 Å². The number of benzene rings is 2. The van der Waals surface area contributed by atoms with Gasteiger partial charge in [0.2, 0.25) is 8.32 Å². The molecule has 0 radical (unpaired) electrons. The van der Waals surface area contributed by atoms with Crippen LogP contribution in [0.25, 0.3) is 0 Å². The second kappa shape index (κ2) is 9.09. The minimum Gasteiger partial charge on any atom is -0.543 e. The number of nitrogens with zero attached hydrogens (tertiary/aromatic N) is 1. The summed E-state index contributed by atoms with van der Waals surface area (Å²) >= 11 is 4.15. The SMILES string of the molecule is CC(C)c1cc(Oc2c(I)cc([N+](=O)[O-])cc2I)ccc1O[Si](C)(C)C(C)(C)C. The monoisotopic (exact) mass is 639 g/mol. The third-order valence-corrected chi connectivity index (χ3v) is 11.1. The molecule has 2 rings (SSSR count). The van der Waals surface area contributed by atoms with Crippen LogP contribution in [0, 0.1) is 17.3 Å². The molecule has 5 nitrogen and oxygen atoms in total. The first-order valence-corrected chi connectivity index (χ1v) is 14.4. The van der Waals surface area contributed by atoms with E-state index >= 15 is 0 Å². The molecule has 8 heteroatoms. The average Bonchev–Trinajstić information content (AvgIpc) is 2.57. The van der Waals surface area contributed by atoms with Crippen molar-refractivity contribution in [1.29, 1.82) is 0 Å². The summed E-state index contributed by atoms with van der Waals surface area (Å²) in [6, 6.07) is 8.95. The standard InChI is InChI=1S/C21H27I2NO4Si/c1-13(2)16-12-15(8-9-19(16)28-29(6,7)21(3,4)5)27-20-17(22)10-14(24(25)26)11-18(20)23/h8-13H,1-7H3. The van der Waals surface area contributed by atoms with Crippen molar-refractivity contribution < 1.29 is 14.1 Å². The van der Waals surface area contributed by atoms with Crippen LogP contribution in [0.3, 0.4) is 0 Å². The Balaban J connectivity index is 2.40. The maximum absolute atomic E-state index is 11.1. The highest BCUT2D eigenvalue weighted by Gasteiger charge is 2.39. The minimum atomic E-state index is -1.96. The second-order valence-corrected chi connectivity index (χ2v) is 15.9. The summed E-state index contributed by atoms with van der Waals surface area (Å²) in [7, 11) is -1.96. The second-order valence-electron chi connectivity index (χ2n) is 8.81. The molecule has 0 aliphatic rings. The van der Waals surface area contributed by atoms with Crippen LogP contribution in [0.1, 0.15) is 46.1 Å². The van der Waals surface area contributed by atoms with Crippen molar-refractivity contribution in [3.63, 3.8) is 0 Å². The van der Waals surface area contributed by atoms with Crippen LogP contribution in [0.4, 0.5) is 5.69 Å². The van der Waals surface area contributed by atoms with Gasteiger partial charge in [-0.05, 0) is 93.0 Å². The zero-order chi connectivity index (χ0) is 22.1. The van der Waals surface area contributed by atoms with Crippen LogP contribution < -0.4 is 9.16 Å².